The van der Waals surface area contributed by atoms with Gasteiger partial charge in [-0.3, -0.25) is 9.59 Å². The molecule has 9 nitrogen and oxygen atoms in total. The van der Waals surface area contributed by atoms with E-state index in [0.717, 1.165) is 11.3 Å². The molecule has 0 aliphatic heterocycles. The van der Waals surface area contributed by atoms with E-state index in [1.807, 2.05) is 0 Å². The van der Waals surface area contributed by atoms with Gasteiger partial charge in [0.1, 0.15) is 4.88 Å². The number of halogens is 1. The standard InChI is InChI=1S/C19H20ClN3O6S/c1-4-29-18(27)15-10(2)22-19(30-15)23-14(24)7-8-21-16(25)12-9-11(17(26)28-3)5-6-13(12)20/h5-6,9H,4,7-8H2,1-3H3,(H,21,25)(H,22,23,24). The molecule has 11 heteroatoms. The Labute approximate surface area is 181 Å². The van der Waals surface area contributed by atoms with Crippen LogP contribution in [0.25, 0.3) is 0 Å². The SMILES string of the molecule is CCOC(=O)c1sc(NC(=O)CCNC(=O)c2cc(C(=O)OC)ccc2Cl)nc1C. The lowest BCUT2D eigenvalue weighted by Crippen LogP contribution is -2.28. The van der Waals surface area contributed by atoms with E-state index in [4.69, 9.17) is 16.3 Å². The number of nitrogens with zero attached hydrogens (tertiary/aromatic N) is 1. The minimum atomic E-state index is -0.596. The number of hydrogen-bond donors (Lipinski definition) is 2. The van der Waals surface area contributed by atoms with E-state index in [-0.39, 0.29) is 40.9 Å². The van der Waals surface area contributed by atoms with Crippen LogP contribution in [0.3, 0.4) is 0 Å². The zero-order valence-corrected chi connectivity index (χ0v) is 18.1. The highest BCUT2D eigenvalue weighted by Gasteiger charge is 2.18. The molecular weight excluding hydrogens is 434 g/mol. The molecule has 0 unspecified atom stereocenters. The maximum Gasteiger partial charge on any atom is 0.350 e. The molecule has 0 saturated carbocycles. The van der Waals surface area contributed by atoms with Crippen LogP contribution in [0, 0.1) is 6.92 Å². The van der Waals surface area contributed by atoms with Gasteiger partial charge in [-0.2, -0.15) is 0 Å². The highest BCUT2D eigenvalue weighted by Crippen LogP contribution is 2.23. The van der Waals surface area contributed by atoms with Crippen LogP contribution in [0.5, 0.6) is 0 Å². The van der Waals surface area contributed by atoms with Gasteiger partial charge in [-0.05, 0) is 32.0 Å². The number of aromatic nitrogens is 1. The summed E-state index contributed by atoms with van der Waals surface area (Å²) in [5.41, 5.74) is 0.734. The van der Waals surface area contributed by atoms with Gasteiger partial charge in [-0.1, -0.05) is 22.9 Å². The summed E-state index contributed by atoms with van der Waals surface area (Å²) < 4.78 is 9.55. The number of rotatable bonds is 8. The number of carbonyl (C=O) groups is 4. The van der Waals surface area contributed by atoms with Crippen LogP contribution in [0.2, 0.25) is 5.02 Å². The lowest BCUT2D eigenvalue weighted by molar-refractivity contribution is -0.116. The van der Waals surface area contributed by atoms with Gasteiger partial charge in [0, 0.05) is 13.0 Å². The van der Waals surface area contributed by atoms with Gasteiger partial charge in [-0.25, -0.2) is 14.6 Å². The van der Waals surface area contributed by atoms with E-state index in [0.29, 0.717) is 10.6 Å². The minimum Gasteiger partial charge on any atom is -0.465 e. The first-order chi connectivity index (χ1) is 14.3. The van der Waals surface area contributed by atoms with Crippen molar-refractivity contribution in [3.8, 4) is 0 Å². The average Bonchev–Trinajstić information content (AvgIpc) is 3.07. The summed E-state index contributed by atoms with van der Waals surface area (Å²) in [6, 6.07) is 4.18. The largest absolute Gasteiger partial charge is 0.465 e. The maximum atomic E-state index is 12.3. The second kappa shape index (κ2) is 10.7. The number of ether oxygens (including phenoxy) is 2. The van der Waals surface area contributed by atoms with Crippen molar-refractivity contribution in [3.63, 3.8) is 0 Å². The second-order valence-corrected chi connectivity index (χ2v) is 7.30. The van der Waals surface area contributed by atoms with E-state index in [9.17, 15) is 19.2 Å². The predicted molar refractivity (Wildman–Crippen MR) is 111 cm³/mol. The van der Waals surface area contributed by atoms with Crippen molar-refractivity contribution < 1.29 is 28.7 Å². The van der Waals surface area contributed by atoms with Gasteiger partial charge in [-0.15, -0.1) is 0 Å². The molecule has 2 aromatic rings. The summed E-state index contributed by atoms with van der Waals surface area (Å²) in [6.45, 7) is 3.61. The van der Waals surface area contributed by atoms with Crippen molar-refractivity contribution >= 4 is 51.8 Å². The van der Waals surface area contributed by atoms with E-state index in [1.54, 1.807) is 13.8 Å². The Balaban J connectivity index is 1.91. The van der Waals surface area contributed by atoms with Gasteiger partial charge in [0.15, 0.2) is 5.13 Å². The summed E-state index contributed by atoms with van der Waals surface area (Å²) >= 11 is 7.03. The highest BCUT2D eigenvalue weighted by molar-refractivity contribution is 7.17. The van der Waals surface area contributed by atoms with Gasteiger partial charge in [0.05, 0.1) is 35.6 Å². The molecule has 30 heavy (non-hydrogen) atoms. The summed E-state index contributed by atoms with van der Waals surface area (Å²) in [5.74, 6) is -2.02. The summed E-state index contributed by atoms with van der Waals surface area (Å²) in [7, 11) is 1.23. The molecule has 0 aliphatic rings. The second-order valence-electron chi connectivity index (χ2n) is 5.89. The van der Waals surface area contributed by atoms with E-state index in [2.05, 4.69) is 20.4 Å². The number of carbonyl (C=O) groups excluding carboxylic acids is 4. The molecule has 0 spiro atoms. The van der Waals surface area contributed by atoms with Crippen molar-refractivity contribution in [2.24, 2.45) is 0 Å². The molecule has 0 fully saturated rings. The Bertz CT molecular complexity index is 975. The number of aryl methyl sites for hydroxylation is 1. The number of methoxy groups -OCH3 is 1. The van der Waals surface area contributed by atoms with Crippen molar-refractivity contribution in [3.05, 3.63) is 44.9 Å². The van der Waals surface area contributed by atoms with Crippen LogP contribution in [-0.4, -0.2) is 49.0 Å². The normalized spacial score (nSPS) is 10.3. The number of esters is 2. The van der Waals surface area contributed by atoms with E-state index in [1.165, 1.54) is 25.3 Å². The third kappa shape index (κ3) is 6.01. The van der Waals surface area contributed by atoms with Crippen LogP contribution >= 0.6 is 22.9 Å². The number of benzene rings is 1. The van der Waals surface area contributed by atoms with Gasteiger partial charge in [0.2, 0.25) is 5.91 Å². The molecule has 2 amide bonds. The molecule has 1 aromatic carbocycles. The molecule has 0 atom stereocenters. The topological polar surface area (TPSA) is 124 Å². The average molecular weight is 454 g/mol. The monoisotopic (exact) mass is 453 g/mol. The fraction of sp³-hybridized carbons (Fsp3) is 0.316. The smallest absolute Gasteiger partial charge is 0.350 e. The highest BCUT2D eigenvalue weighted by atomic mass is 35.5. The van der Waals surface area contributed by atoms with Gasteiger partial charge < -0.3 is 20.1 Å². The van der Waals surface area contributed by atoms with Crippen molar-refractivity contribution in [2.75, 3.05) is 25.6 Å². The van der Waals surface area contributed by atoms with Gasteiger partial charge >= 0.3 is 11.9 Å². The van der Waals surface area contributed by atoms with Crippen LogP contribution in [0.15, 0.2) is 18.2 Å². The van der Waals surface area contributed by atoms with Crippen LogP contribution in [0.4, 0.5) is 5.13 Å². The minimum absolute atomic E-state index is 0.0263. The number of thiazole rings is 1. The Morgan fingerprint density at radius 1 is 1.20 bits per heavy atom. The number of nitrogens with one attached hydrogen (secondary N) is 2. The Kier molecular flexibility index (Phi) is 8.31. The predicted octanol–water partition coefficient (Wildman–Crippen LogP) is 2.83. The maximum absolute atomic E-state index is 12.3. The van der Waals surface area contributed by atoms with Crippen molar-refractivity contribution in [1.82, 2.24) is 10.3 Å². The first-order valence-corrected chi connectivity index (χ1v) is 10.1. The summed E-state index contributed by atoms with van der Waals surface area (Å²) in [6.07, 6.45) is -0.0343. The van der Waals surface area contributed by atoms with E-state index >= 15 is 0 Å². The fourth-order valence-electron chi connectivity index (χ4n) is 2.35. The molecule has 0 radical (unpaired) electrons. The summed E-state index contributed by atoms with van der Waals surface area (Å²) in [5, 5.41) is 5.57. The van der Waals surface area contributed by atoms with Crippen molar-refractivity contribution in [1.29, 1.82) is 0 Å². The number of anilines is 1. The third-order valence-electron chi connectivity index (χ3n) is 3.77. The Morgan fingerprint density at radius 3 is 2.60 bits per heavy atom. The van der Waals surface area contributed by atoms with Crippen molar-refractivity contribution in [2.45, 2.75) is 20.3 Å². The molecule has 0 bridgehead atoms. The summed E-state index contributed by atoms with van der Waals surface area (Å²) in [4.78, 5) is 52.3. The van der Waals surface area contributed by atoms with Gasteiger partial charge in [0.25, 0.3) is 5.91 Å². The Hall–Kier alpha value is -2.98. The first-order valence-electron chi connectivity index (χ1n) is 8.87. The molecule has 160 valence electrons. The van der Waals surface area contributed by atoms with E-state index < -0.39 is 23.8 Å². The fourth-order valence-corrected chi connectivity index (χ4v) is 3.43. The lowest BCUT2D eigenvalue weighted by Gasteiger charge is -2.08. The number of amides is 2. The Morgan fingerprint density at radius 2 is 1.93 bits per heavy atom. The molecule has 1 heterocycles. The van der Waals surface area contributed by atoms with Crippen LogP contribution in [-0.2, 0) is 14.3 Å². The molecule has 0 saturated heterocycles. The molecule has 0 aliphatic carbocycles. The molecule has 2 N–H and O–H groups in total. The molecule has 1 aromatic heterocycles. The lowest BCUT2D eigenvalue weighted by atomic mass is 10.1. The molecular formula is C19H20ClN3O6S. The zero-order valence-electron chi connectivity index (χ0n) is 16.5. The number of hydrogen-bond acceptors (Lipinski definition) is 8. The third-order valence-corrected chi connectivity index (χ3v) is 5.16. The zero-order chi connectivity index (χ0) is 22.3. The van der Waals surface area contributed by atoms with Crippen LogP contribution < -0.4 is 10.6 Å². The molecule has 2 rings (SSSR count). The van der Waals surface area contributed by atoms with Crippen LogP contribution in [0.1, 0.15) is 49.4 Å². The quantitative estimate of drug-likeness (QED) is 0.589. The first kappa shape index (κ1) is 23.3.